The van der Waals surface area contributed by atoms with Crippen molar-refractivity contribution < 1.29 is 37.7 Å². The number of hydrogen-bond donors (Lipinski definition) is 0. The summed E-state index contributed by atoms with van der Waals surface area (Å²) >= 11 is 0. The Morgan fingerprint density at radius 3 is 1.72 bits per heavy atom. The summed E-state index contributed by atoms with van der Waals surface area (Å²) in [4.78, 5) is 15.9. The third kappa shape index (κ3) is 10.2. The molecule has 0 N–H and O–H groups in total. The first kappa shape index (κ1) is 31.0. The first-order chi connectivity index (χ1) is 18.5. The monoisotopic (exact) mass is 706 g/mol. The predicted molar refractivity (Wildman–Crippen MR) is 139 cm³/mol. The molecule has 198 valence electrons. The van der Waals surface area contributed by atoms with Crippen LogP contribution in [-0.4, -0.2) is 22.7 Å². The minimum absolute atomic E-state index is 0. The average Bonchev–Trinajstić information content (AvgIpc) is 3.44. The third-order valence-corrected chi connectivity index (χ3v) is 4.59. The number of aromatic nitrogens is 3. The Kier molecular flexibility index (Phi) is 13.2. The van der Waals surface area contributed by atoms with Crippen molar-refractivity contribution in [3.8, 4) is 22.5 Å². The molecule has 0 fully saturated rings. The molecule has 3 heterocycles. The zero-order chi connectivity index (χ0) is 27.2. The van der Waals surface area contributed by atoms with Gasteiger partial charge in [0.1, 0.15) is 0 Å². The van der Waals surface area contributed by atoms with Crippen LogP contribution in [0.15, 0.2) is 109 Å². The van der Waals surface area contributed by atoms with Crippen molar-refractivity contribution in [2.24, 2.45) is 4.99 Å². The molecule has 2 aromatic carbocycles. The van der Waals surface area contributed by atoms with Crippen molar-refractivity contribution in [3.05, 3.63) is 145 Å². The fourth-order valence-electron chi connectivity index (χ4n) is 2.91. The van der Waals surface area contributed by atoms with Gasteiger partial charge in [0.15, 0.2) is 0 Å². The molecule has 0 amide bonds. The molecule has 0 aliphatic heterocycles. The van der Waals surface area contributed by atoms with Crippen molar-refractivity contribution in [2.45, 2.75) is 0 Å². The van der Waals surface area contributed by atoms with E-state index in [-0.39, 0.29) is 31.2 Å². The van der Waals surface area contributed by atoms with Crippen LogP contribution >= 0.6 is 0 Å². The molecule has 39 heavy (non-hydrogen) atoms. The van der Waals surface area contributed by atoms with E-state index in [2.05, 4.69) is 38.7 Å². The van der Waals surface area contributed by atoms with Crippen LogP contribution in [0.25, 0.3) is 22.5 Å². The van der Waals surface area contributed by atoms with Crippen LogP contribution in [0.1, 0.15) is 5.69 Å². The summed E-state index contributed by atoms with van der Waals surface area (Å²) in [5.74, 6) is -2.57. The smallest absolute Gasteiger partial charge is 0.663 e. The van der Waals surface area contributed by atoms with E-state index in [1.54, 1.807) is 67.3 Å². The third-order valence-electron chi connectivity index (χ3n) is 4.59. The molecule has 0 aliphatic rings. The maximum absolute atomic E-state index is 13.2. The van der Waals surface area contributed by atoms with Crippen LogP contribution in [0.4, 0.5) is 17.6 Å². The Morgan fingerprint density at radius 2 is 1.33 bits per heavy atom. The van der Waals surface area contributed by atoms with Gasteiger partial charge in [-0.05, 0) is 23.5 Å². The Bertz CT molecular complexity index is 1360. The van der Waals surface area contributed by atoms with Gasteiger partial charge in [0.05, 0.1) is 6.54 Å². The second-order valence-corrected chi connectivity index (χ2v) is 7.36. The van der Waals surface area contributed by atoms with Gasteiger partial charge in [0.25, 0.3) is 0 Å². The number of aliphatic imine (C=N–C) groups is 1. The molecule has 0 atom stereocenters. The molecule has 0 saturated carbocycles. The quantitative estimate of drug-likeness (QED) is 0.0866. The molecule has 0 saturated heterocycles. The minimum Gasteiger partial charge on any atom is -0.663 e. The Hall–Kier alpha value is -4.20. The zero-order valence-electron chi connectivity index (χ0n) is 20.4. The van der Waals surface area contributed by atoms with Gasteiger partial charge in [0, 0.05) is 41.9 Å². The minimum atomic E-state index is -0.649. The van der Waals surface area contributed by atoms with Crippen molar-refractivity contribution >= 4 is 6.21 Å². The summed E-state index contributed by atoms with van der Waals surface area (Å²) in [5.41, 5.74) is 2.18. The Morgan fingerprint density at radius 1 is 0.795 bits per heavy atom. The average molecular weight is 706 g/mol. The molecule has 3 aromatic heterocycles. The zero-order valence-corrected chi connectivity index (χ0v) is 22.8. The number of rotatable bonds is 5. The first-order valence-electron chi connectivity index (χ1n) is 11.2. The molecule has 0 radical (unpaired) electrons. The van der Waals surface area contributed by atoms with Crippen LogP contribution in [0.2, 0.25) is 0 Å². The Balaban J connectivity index is 0.000000206. The Labute approximate surface area is 237 Å². The van der Waals surface area contributed by atoms with E-state index in [9.17, 15) is 17.6 Å². The normalized spacial score (nSPS) is 9.95. The van der Waals surface area contributed by atoms with Crippen LogP contribution in [0.3, 0.4) is 0 Å². The van der Waals surface area contributed by atoms with Gasteiger partial charge in [-0.2, -0.15) is 6.20 Å². The van der Waals surface area contributed by atoms with Crippen LogP contribution in [-0.2, 0) is 20.1 Å². The second kappa shape index (κ2) is 16.6. The van der Waals surface area contributed by atoms with Gasteiger partial charge in [0.2, 0.25) is 0 Å². The van der Waals surface area contributed by atoms with Crippen LogP contribution < -0.4 is 4.98 Å². The van der Waals surface area contributed by atoms with Gasteiger partial charge in [-0.15, -0.1) is 36.5 Å². The number of halogens is 4. The molecule has 9 heteroatoms. The molecular weight excluding hydrogens is 685 g/mol. The van der Waals surface area contributed by atoms with Gasteiger partial charge < -0.3 is 15.0 Å². The summed E-state index contributed by atoms with van der Waals surface area (Å²) in [6, 6.07) is 22.8. The second-order valence-electron chi connectivity index (χ2n) is 7.36. The summed E-state index contributed by atoms with van der Waals surface area (Å²) in [6.07, 6.45) is 8.33. The molecule has 4 nitrogen and oxygen atoms in total. The SMILES string of the molecule is C=CCN=Cc1ccc[n-]1.Fc1c[c-]c(-c2ccccn2)c(F)c1.Fc1c[c-]c(-c2ccccn2)c(F)c1.[Ir+3]. The summed E-state index contributed by atoms with van der Waals surface area (Å²) in [6.45, 7) is 4.20. The first-order valence-corrected chi connectivity index (χ1v) is 11.2. The maximum Gasteiger partial charge on any atom is 3.00 e. The van der Waals surface area contributed by atoms with E-state index in [0.29, 0.717) is 17.9 Å². The standard InChI is InChI=1S/2C11H6F2N.C8H9N2.Ir/c2*12-8-4-5-9(10(13)7-8)11-3-1-2-6-14-11;1-2-5-9-7-8-4-3-6-10-8;/h2*1-4,6-7H;2-4,6-7H,1,5H2;/q3*-1;+3. The number of nitrogens with zero attached hydrogens (tertiary/aromatic N) is 4. The fourth-order valence-corrected chi connectivity index (χ4v) is 2.91. The van der Waals surface area contributed by atoms with E-state index < -0.39 is 23.3 Å². The molecule has 5 aromatic rings. The van der Waals surface area contributed by atoms with Gasteiger partial charge in [-0.1, -0.05) is 65.7 Å². The van der Waals surface area contributed by atoms with E-state index in [1.807, 2.05) is 12.1 Å². The summed E-state index contributed by atoms with van der Waals surface area (Å²) < 4.78 is 51.6. The van der Waals surface area contributed by atoms with Crippen molar-refractivity contribution in [1.29, 1.82) is 0 Å². The van der Waals surface area contributed by atoms with Gasteiger partial charge in [-0.25, -0.2) is 0 Å². The summed E-state index contributed by atoms with van der Waals surface area (Å²) in [7, 11) is 0. The van der Waals surface area contributed by atoms with Gasteiger partial charge >= 0.3 is 20.1 Å². The van der Waals surface area contributed by atoms with Crippen molar-refractivity contribution in [2.75, 3.05) is 6.54 Å². The van der Waals surface area contributed by atoms with Crippen LogP contribution in [0.5, 0.6) is 0 Å². The largest absolute Gasteiger partial charge is 3.00 e. The predicted octanol–water partition coefficient (Wildman–Crippen LogP) is 6.90. The number of benzene rings is 2. The molecule has 0 unspecified atom stereocenters. The fraction of sp³-hybridized carbons (Fsp3) is 0.0333. The van der Waals surface area contributed by atoms with Gasteiger partial charge in [-0.3, -0.25) is 22.6 Å². The van der Waals surface area contributed by atoms with Crippen LogP contribution in [0, 0.1) is 35.4 Å². The number of pyridine rings is 2. The molecule has 0 spiro atoms. The van der Waals surface area contributed by atoms with E-state index in [1.165, 1.54) is 0 Å². The van der Waals surface area contributed by atoms with E-state index >= 15 is 0 Å². The molecular formula is C30H21F4IrN4. The number of hydrogen-bond acceptors (Lipinski definition) is 3. The van der Waals surface area contributed by atoms with Crippen molar-refractivity contribution in [1.82, 2.24) is 15.0 Å². The van der Waals surface area contributed by atoms with E-state index in [4.69, 9.17) is 0 Å². The molecule has 0 bridgehead atoms. The topological polar surface area (TPSA) is 52.2 Å². The maximum atomic E-state index is 13.2. The summed E-state index contributed by atoms with van der Waals surface area (Å²) in [5, 5.41) is 0. The molecule has 0 aliphatic carbocycles. The molecule has 5 rings (SSSR count). The van der Waals surface area contributed by atoms with E-state index in [0.717, 1.165) is 30.0 Å². The van der Waals surface area contributed by atoms with Crippen molar-refractivity contribution in [3.63, 3.8) is 0 Å².